The number of nitrogens with one attached hydrogen (secondary N) is 2. The quantitative estimate of drug-likeness (QED) is 0.492. The lowest BCUT2D eigenvalue weighted by atomic mass is 10.2. The lowest BCUT2D eigenvalue weighted by molar-refractivity contribution is 0.102. The lowest BCUT2D eigenvalue weighted by Crippen LogP contribution is -2.14. The molecule has 0 atom stereocenters. The Labute approximate surface area is 174 Å². The Kier molecular flexibility index (Phi) is 5.98. The van der Waals surface area contributed by atoms with Gasteiger partial charge in [0, 0.05) is 25.9 Å². The Hall–Kier alpha value is -2.16. The molecule has 0 aromatic heterocycles. The Balaban J connectivity index is 1.71. The van der Waals surface area contributed by atoms with E-state index in [2.05, 4.69) is 41.9 Å². The van der Waals surface area contributed by atoms with Crippen molar-refractivity contribution in [1.82, 2.24) is 0 Å². The van der Waals surface area contributed by atoms with Crippen molar-refractivity contribution in [1.29, 1.82) is 0 Å². The summed E-state index contributed by atoms with van der Waals surface area (Å²) in [6.07, 6.45) is 0. The second-order valence-corrected chi connectivity index (χ2v) is 9.11. The number of anilines is 2. The molecule has 0 bridgehead atoms. The third-order valence-corrected chi connectivity index (χ3v) is 6.08. The summed E-state index contributed by atoms with van der Waals surface area (Å²) in [5.41, 5.74) is 1.48. The van der Waals surface area contributed by atoms with E-state index in [1.165, 1.54) is 12.1 Å². The standard InChI is InChI=1S/C19H14Br2N2O3S/c20-14-3-1-13(2-4-14)19(24)22-16-9-11-18(12-10-16)27(25,26)23-17-7-5-15(21)6-8-17/h1-12,23H,(H,22,24). The van der Waals surface area contributed by atoms with Crippen LogP contribution in [-0.2, 0) is 10.0 Å². The Morgan fingerprint density at radius 2 is 1.19 bits per heavy atom. The van der Waals surface area contributed by atoms with E-state index in [0.29, 0.717) is 16.9 Å². The molecular formula is C19H14Br2N2O3S. The molecule has 0 fully saturated rings. The van der Waals surface area contributed by atoms with Gasteiger partial charge in [0.05, 0.1) is 4.90 Å². The van der Waals surface area contributed by atoms with Gasteiger partial charge in [-0.25, -0.2) is 8.42 Å². The highest BCUT2D eigenvalue weighted by Crippen LogP contribution is 2.20. The molecule has 1 amide bonds. The molecule has 0 aliphatic heterocycles. The van der Waals surface area contributed by atoms with Crippen LogP contribution in [0.2, 0.25) is 0 Å². The summed E-state index contributed by atoms with van der Waals surface area (Å²) in [6.45, 7) is 0. The highest BCUT2D eigenvalue weighted by Gasteiger charge is 2.14. The van der Waals surface area contributed by atoms with Crippen LogP contribution in [-0.4, -0.2) is 14.3 Å². The summed E-state index contributed by atoms with van der Waals surface area (Å²) in [5.74, 6) is -0.272. The van der Waals surface area contributed by atoms with Crippen molar-refractivity contribution in [2.75, 3.05) is 10.0 Å². The molecule has 0 aliphatic rings. The van der Waals surface area contributed by atoms with E-state index < -0.39 is 10.0 Å². The van der Waals surface area contributed by atoms with Gasteiger partial charge in [0.1, 0.15) is 0 Å². The molecule has 0 heterocycles. The molecule has 5 nitrogen and oxygen atoms in total. The van der Waals surface area contributed by atoms with E-state index in [1.54, 1.807) is 60.7 Å². The van der Waals surface area contributed by atoms with E-state index >= 15 is 0 Å². The highest BCUT2D eigenvalue weighted by atomic mass is 79.9. The number of carbonyl (C=O) groups is 1. The molecule has 0 saturated heterocycles. The number of hydrogen-bond acceptors (Lipinski definition) is 3. The summed E-state index contributed by atoms with van der Waals surface area (Å²) >= 11 is 6.62. The fraction of sp³-hybridized carbons (Fsp3) is 0. The smallest absolute Gasteiger partial charge is 0.261 e. The average molecular weight is 510 g/mol. The maximum Gasteiger partial charge on any atom is 0.261 e. The van der Waals surface area contributed by atoms with Crippen LogP contribution in [0.5, 0.6) is 0 Å². The molecule has 27 heavy (non-hydrogen) atoms. The molecule has 0 radical (unpaired) electrons. The molecule has 0 unspecified atom stereocenters. The second kappa shape index (κ2) is 8.24. The van der Waals surface area contributed by atoms with Crippen LogP contribution in [0, 0.1) is 0 Å². The van der Waals surface area contributed by atoms with Crippen molar-refractivity contribution in [2.45, 2.75) is 4.90 Å². The zero-order valence-corrected chi connectivity index (χ0v) is 17.8. The number of sulfonamides is 1. The number of carbonyl (C=O) groups excluding carboxylic acids is 1. The van der Waals surface area contributed by atoms with Gasteiger partial charge in [0.25, 0.3) is 15.9 Å². The molecule has 0 saturated carbocycles. The maximum absolute atomic E-state index is 12.5. The molecule has 0 spiro atoms. The summed E-state index contributed by atoms with van der Waals surface area (Å²) in [6, 6.07) is 19.7. The molecule has 0 aliphatic carbocycles. The predicted molar refractivity (Wildman–Crippen MR) is 113 cm³/mol. The van der Waals surface area contributed by atoms with E-state index in [1.807, 2.05) is 0 Å². The topological polar surface area (TPSA) is 75.3 Å². The van der Waals surface area contributed by atoms with Crippen molar-refractivity contribution < 1.29 is 13.2 Å². The number of halogens is 2. The fourth-order valence-electron chi connectivity index (χ4n) is 2.25. The van der Waals surface area contributed by atoms with E-state index in [0.717, 1.165) is 8.95 Å². The summed E-state index contributed by atoms with van der Waals surface area (Å²) < 4.78 is 29.2. The molecular weight excluding hydrogens is 496 g/mol. The average Bonchev–Trinajstić information content (AvgIpc) is 2.64. The third-order valence-electron chi connectivity index (χ3n) is 3.63. The fourth-order valence-corrected chi connectivity index (χ4v) is 3.84. The van der Waals surface area contributed by atoms with E-state index in [4.69, 9.17) is 0 Å². The zero-order valence-electron chi connectivity index (χ0n) is 13.8. The maximum atomic E-state index is 12.5. The van der Waals surface area contributed by atoms with Crippen molar-refractivity contribution in [3.63, 3.8) is 0 Å². The number of hydrogen-bond donors (Lipinski definition) is 2. The number of benzene rings is 3. The summed E-state index contributed by atoms with van der Waals surface area (Å²) in [7, 11) is -3.71. The third kappa shape index (κ3) is 5.18. The Morgan fingerprint density at radius 1 is 0.704 bits per heavy atom. The largest absolute Gasteiger partial charge is 0.322 e. The first kappa shape index (κ1) is 19.6. The highest BCUT2D eigenvalue weighted by molar-refractivity contribution is 9.10. The van der Waals surface area contributed by atoms with Crippen molar-refractivity contribution in [3.8, 4) is 0 Å². The van der Waals surface area contributed by atoms with E-state index in [-0.39, 0.29) is 10.8 Å². The Morgan fingerprint density at radius 3 is 1.74 bits per heavy atom. The monoisotopic (exact) mass is 508 g/mol. The van der Waals surface area contributed by atoms with Crippen molar-refractivity contribution in [3.05, 3.63) is 87.3 Å². The first-order valence-corrected chi connectivity index (χ1v) is 10.9. The number of amides is 1. The molecule has 3 aromatic rings. The second-order valence-electron chi connectivity index (χ2n) is 5.60. The van der Waals surface area contributed by atoms with Crippen LogP contribution in [0.25, 0.3) is 0 Å². The van der Waals surface area contributed by atoms with Crippen LogP contribution in [0.15, 0.2) is 86.6 Å². The van der Waals surface area contributed by atoms with Crippen molar-refractivity contribution >= 4 is 59.2 Å². The zero-order chi connectivity index (χ0) is 19.4. The van der Waals surface area contributed by atoms with Crippen LogP contribution in [0.4, 0.5) is 11.4 Å². The predicted octanol–water partition coefficient (Wildman–Crippen LogP) is 5.26. The SMILES string of the molecule is O=C(Nc1ccc(S(=O)(=O)Nc2ccc(Br)cc2)cc1)c1ccc(Br)cc1. The van der Waals surface area contributed by atoms with Gasteiger partial charge < -0.3 is 5.32 Å². The number of rotatable bonds is 5. The summed E-state index contributed by atoms with van der Waals surface area (Å²) in [4.78, 5) is 12.3. The van der Waals surface area contributed by atoms with Crippen LogP contribution in [0.1, 0.15) is 10.4 Å². The Bertz CT molecular complexity index is 1050. The minimum Gasteiger partial charge on any atom is -0.322 e. The van der Waals surface area contributed by atoms with Gasteiger partial charge in [-0.2, -0.15) is 0 Å². The van der Waals surface area contributed by atoms with Gasteiger partial charge >= 0.3 is 0 Å². The van der Waals surface area contributed by atoms with Crippen molar-refractivity contribution in [2.24, 2.45) is 0 Å². The molecule has 138 valence electrons. The molecule has 3 aromatic carbocycles. The van der Waals surface area contributed by atoms with Crippen LogP contribution < -0.4 is 10.0 Å². The van der Waals surface area contributed by atoms with Gasteiger partial charge in [-0.05, 0) is 72.8 Å². The van der Waals surface area contributed by atoms with Crippen LogP contribution >= 0.6 is 31.9 Å². The van der Waals surface area contributed by atoms with Gasteiger partial charge in [0.2, 0.25) is 0 Å². The van der Waals surface area contributed by atoms with Crippen LogP contribution in [0.3, 0.4) is 0 Å². The van der Waals surface area contributed by atoms with Gasteiger partial charge in [-0.15, -0.1) is 0 Å². The van der Waals surface area contributed by atoms with Gasteiger partial charge in [0.15, 0.2) is 0 Å². The molecule has 8 heteroatoms. The minimum absolute atomic E-state index is 0.104. The molecule has 3 rings (SSSR count). The first-order valence-electron chi connectivity index (χ1n) is 7.79. The lowest BCUT2D eigenvalue weighted by Gasteiger charge is -2.10. The minimum atomic E-state index is -3.71. The van der Waals surface area contributed by atoms with Gasteiger partial charge in [-0.3, -0.25) is 9.52 Å². The first-order chi connectivity index (χ1) is 12.8. The van der Waals surface area contributed by atoms with E-state index in [9.17, 15) is 13.2 Å². The summed E-state index contributed by atoms with van der Waals surface area (Å²) in [5, 5.41) is 2.74. The normalized spacial score (nSPS) is 11.0. The van der Waals surface area contributed by atoms with Gasteiger partial charge in [-0.1, -0.05) is 31.9 Å². The molecule has 2 N–H and O–H groups in total.